The second-order valence-corrected chi connectivity index (χ2v) is 5.88. The average Bonchev–Trinajstić information content (AvgIpc) is 2.97. The molecule has 0 aromatic heterocycles. The van der Waals surface area contributed by atoms with Crippen molar-refractivity contribution in [1.29, 1.82) is 0 Å². The highest BCUT2D eigenvalue weighted by molar-refractivity contribution is 5.55. The van der Waals surface area contributed by atoms with Crippen molar-refractivity contribution in [2.24, 2.45) is 0 Å². The fourth-order valence-corrected chi connectivity index (χ4v) is 3.54. The van der Waals surface area contributed by atoms with Crippen molar-refractivity contribution < 1.29 is 9.50 Å². The molecule has 1 unspecified atom stereocenters. The molecule has 0 aliphatic carbocycles. The molecule has 1 aromatic carbocycles. The van der Waals surface area contributed by atoms with Crippen LogP contribution < -0.4 is 4.90 Å². The fraction of sp³-hybridized carbons (Fsp3) is 0.625. The zero-order valence-electron chi connectivity index (χ0n) is 11.9. The molecule has 3 rings (SSSR count). The fourth-order valence-electron chi connectivity index (χ4n) is 3.54. The number of rotatable bonds is 3. The van der Waals surface area contributed by atoms with E-state index < -0.39 is 0 Å². The molecular weight excluding hydrogens is 255 g/mol. The minimum Gasteiger partial charge on any atom is -0.391 e. The zero-order chi connectivity index (χ0) is 13.9. The first-order valence-corrected chi connectivity index (χ1v) is 7.67. The second kappa shape index (κ2) is 6.10. The van der Waals surface area contributed by atoms with Crippen molar-refractivity contribution in [2.75, 3.05) is 31.1 Å². The molecule has 0 amide bonds. The van der Waals surface area contributed by atoms with Crippen molar-refractivity contribution >= 4 is 5.69 Å². The molecule has 0 spiro atoms. The quantitative estimate of drug-likeness (QED) is 0.919. The van der Waals surface area contributed by atoms with E-state index >= 15 is 0 Å². The Morgan fingerprint density at radius 2 is 1.95 bits per heavy atom. The van der Waals surface area contributed by atoms with E-state index in [0.717, 1.165) is 25.2 Å². The Morgan fingerprint density at radius 1 is 1.15 bits per heavy atom. The Bertz CT molecular complexity index is 460. The van der Waals surface area contributed by atoms with Crippen LogP contribution in [0.5, 0.6) is 0 Å². The number of aliphatic hydroxyl groups excluding tert-OH is 1. The van der Waals surface area contributed by atoms with Crippen molar-refractivity contribution in [1.82, 2.24) is 4.90 Å². The van der Waals surface area contributed by atoms with Crippen molar-refractivity contribution in [3.63, 3.8) is 0 Å². The van der Waals surface area contributed by atoms with Gasteiger partial charge in [-0.3, -0.25) is 4.90 Å². The van der Waals surface area contributed by atoms with E-state index in [4.69, 9.17) is 0 Å². The summed E-state index contributed by atoms with van der Waals surface area (Å²) in [6.07, 6.45) is 5.10. The van der Waals surface area contributed by atoms with Gasteiger partial charge in [0.1, 0.15) is 5.82 Å². The summed E-state index contributed by atoms with van der Waals surface area (Å²) in [5.41, 5.74) is 1.30. The van der Waals surface area contributed by atoms with Crippen LogP contribution in [0.15, 0.2) is 18.2 Å². The summed E-state index contributed by atoms with van der Waals surface area (Å²) in [6, 6.07) is 5.67. The first kappa shape index (κ1) is 13.8. The van der Waals surface area contributed by atoms with Gasteiger partial charge in [-0.15, -0.1) is 0 Å². The minimum absolute atomic E-state index is 0.229. The number of halogens is 1. The molecule has 0 radical (unpaired) electrons. The van der Waals surface area contributed by atoms with Gasteiger partial charge in [0, 0.05) is 30.4 Å². The third-order valence-electron chi connectivity index (χ3n) is 4.66. The summed E-state index contributed by atoms with van der Waals surface area (Å²) in [5.74, 6) is -0.300. The van der Waals surface area contributed by atoms with Gasteiger partial charge < -0.3 is 10.0 Å². The highest BCUT2D eigenvalue weighted by Gasteiger charge is 2.29. The molecule has 110 valence electrons. The van der Waals surface area contributed by atoms with E-state index in [9.17, 15) is 9.50 Å². The number of hydrogen-bond acceptors (Lipinski definition) is 3. The van der Waals surface area contributed by atoms with Crippen LogP contribution in [0, 0.1) is 5.82 Å². The molecule has 4 heteroatoms. The largest absolute Gasteiger partial charge is 0.391 e. The highest BCUT2D eigenvalue weighted by atomic mass is 19.1. The van der Waals surface area contributed by atoms with E-state index in [1.54, 1.807) is 6.07 Å². The van der Waals surface area contributed by atoms with Crippen LogP contribution in [0.3, 0.4) is 0 Å². The average molecular weight is 278 g/mol. The van der Waals surface area contributed by atoms with Crippen molar-refractivity contribution in [3.05, 3.63) is 29.6 Å². The lowest BCUT2D eigenvalue weighted by Gasteiger charge is -2.32. The lowest BCUT2D eigenvalue weighted by Crippen LogP contribution is -2.41. The Balaban J connectivity index is 1.72. The number of aliphatic hydroxyl groups is 1. The molecule has 0 saturated carbocycles. The lowest BCUT2D eigenvalue weighted by molar-refractivity contribution is 0.174. The third-order valence-corrected chi connectivity index (χ3v) is 4.66. The molecule has 2 aliphatic heterocycles. The zero-order valence-corrected chi connectivity index (χ0v) is 11.9. The van der Waals surface area contributed by atoms with Gasteiger partial charge in [-0.2, -0.15) is 0 Å². The van der Waals surface area contributed by atoms with Crippen molar-refractivity contribution in [3.8, 4) is 0 Å². The number of anilines is 1. The standard InChI is InChI=1S/C16H23FN2O/c17-15-5-4-6-16(14(15)12-20)19-10-7-13(11-19)18-8-2-1-3-9-18/h4-6,13,20H,1-3,7-12H2. The molecule has 1 aromatic rings. The number of benzene rings is 1. The summed E-state index contributed by atoms with van der Waals surface area (Å²) in [7, 11) is 0. The smallest absolute Gasteiger partial charge is 0.130 e. The Kier molecular flexibility index (Phi) is 4.22. The monoisotopic (exact) mass is 278 g/mol. The maximum absolute atomic E-state index is 13.8. The first-order chi connectivity index (χ1) is 9.79. The predicted octanol–water partition coefficient (Wildman–Crippen LogP) is 2.38. The van der Waals surface area contributed by atoms with Gasteiger partial charge in [-0.05, 0) is 44.5 Å². The maximum Gasteiger partial charge on any atom is 0.130 e. The van der Waals surface area contributed by atoms with Crippen molar-refractivity contribution in [2.45, 2.75) is 38.3 Å². The number of hydrogen-bond donors (Lipinski definition) is 1. The third kappa shape index (κ3) is 2.67. The molecule has 2 saturated heterocycles. The molecule has 0 bridgehead atoms. The normalized spacial score (nSPS) is 24.3. The Morgan fingerprint density at radius 3 is 2.70 bits per heavy atom. The van der Waals surface area contributed by atoms with Gasteiger partial charge in [0.25, 0.3) is 0 Å². The summed E-state index contributed by atoms with van der Waals surface area (Å²) >= 11 is 0. The molecule has 2 heterocycles. The molecule has 2 fully saturated rings. The molecule has 1 atom stereocenters. The molecule has 3 nitrogen and oxygen atoms in total. The molecule has 1 N–H and O–H groups in total. The van der Waals surface area contributed by atoms with E-state index in [0.29, 0.717) is 11.6 Å². The van der Waals surface area contributed by atoms with E-state index in [1.807, 2.05) is 6.07 Å². The van der Waals surface area contributed by atoms with Crippen LogP contribution in [0.4, 0.5) is 10.1 Å². The Labute approximate surface area is 120 Å². The van der Waals surface area contributed by atoms with Gasteiger partial charge in [0.2, 0.25) is 0 Å². The van der Waals surface area contributed by atoms with Gasteiger partial charge in [0.05, 0.1) is 6.61 Å². The summed E-state index contributed by atoms with van der Waals surface area (Å²) in [5, 5.41) is 9.40. The Hall–Kier alpha value is -1.13. The number of piperidine rings is 1. The van der Waals surface area contributed by atoms with Crippen LogP contribution in [0.25, 0.3) is 0 Å². The SMILES string of the molecule is OCc1c(F)cccc1N1CCC(N2CCCCC2)C1. The molecule has 20 heavy (non-hydrogen) atoms. The highest BCUT2D eigenvalue weighted by Crippen LogP contribution is 2.29. The van der Waals surface area contributed by atoms with Gasteiger partial charge in [-0.1, -0.05) is 12.5 Å². The van der Waals surface area contributed by atoms with Gasteiger partial charge >= 0.3 is 0 Å². The van der Waals surface area contributed by atoms with Crippen LogP contribution in [-0.2, 0) is 6.61 Å². The van der Waals surface area contributed by atoms with Crippen LogP contribution in [0.1, 0.15) is 31.2 Å². The van der Waals surface area contributed by atoms with E-state index in [-0.39, 0.29) is 12.4 Å². The first-order valence-electron chi connectivity index (χ1n) is 7.67. The lowest BCUT2D eigenvalue weighted by atomic mass is 10.1. The molecule has 2 aliphatic rings. The van der Waals surface area contributed by atoms with E-state index in [1.165, 1.54) is 38.4 Å². The second-order valence-electron chi connectivity index (χ2n) is 5.88. The van der Waals surface area contributed by atoms with Gasteiger partial charge in [0.15, 0.2) is 0 Å². The van der Waals surface area contributed by atoms with Gasteiger partial charge in [-0.25, -0.2) is 4.39 Å². The van der Waals surface area contributed by atoms with Crippen LogP contribution >= 0.6 is 0 Å². The summed E-state index contributed by atoms with van der Waals surface area (Å²) in [4.78, 5) is 4.81. The topological polar surface area (TPSA) is 26.7 Å². The number of nitrogens with zero attached hydrogens (tertiary/aromatic N) is 2. The minimum atomic E-state index is -0.300. The van der Waals surface area contributed by atoms with Crippen LogP contribution in [0.2, 0.25) is 0 Å². The maximum atomic E-state index is 13.8. The van der Waals surface area contributed by atoms with E-state index in [2.05, 4.69) is 9.80 Å². The summed E-state index contributed by atoms with van der Waals surface area (Å²) in [6.45, 7) is 4.09. The predicted molar refractivity (Wildman–Crippen MR) is 78.4 cm³/mol. The summed E-state index contributed by atoms with van der Waals surface area (Å²) < 4.78 is 13.8. The number of likely N-dealkylation sites (tertiary alicyclic amines) is 1. The van der Waals surface area contributed by atoms with Crippen LogP contribution in [-0.4, -0.2) is 42.2 Å². The molecular formula is C16H23FN2O.